The van der Waals surface area contributed by atoms with Crippen LogP contribution in [0.5, 0.6) is 5.75 Å². The summed E-state index contributed by atoms with van der Waals surface area (Å²) in [4.78, 5) is 22.7. The number of likely N-dealkylation sites (N-methyl/N-ethyl adjacent to an activating group) is 1. The highest BCUT2D eigenvalue weighted by Gasteiger charge is 2.26. The second kappa shape index (κ2) is 9.93. The van der Waals surface area contributed by atoms with Crippen LogP contribution in [0.25, 0.3) is 21.2 Å². The number of aryl methyl sites for hydroxylation is 2. The Labute approximate surface area is 198 Å². The van der Waals surface area contributed by atoms with Crippen molar-refractivity contribution in [1.82, 2.24) is 9.88 Å². The number of carbonyl (C=O) groups excluding carboxylic acids is 1. The van der Waals surface area contributed by atoms with E-state index in [0.29, 0.717) is 35.4 Å². The molecule has 0 aliphatic carbocycles. The van der Waals surface area contributed by atoms with Gasteiger partial charge in [-0.3, -0.25) is 9.69 Å². The smallest absolute Gasteiger partial charge is 0.295 e. The summed E-state index contributed by atoms with van der Waals surface area (Å²) in [6, 6.07) is 11.8. The summed E-state index contributed by atoms with van der Waals surface area (Å²) in [6.45, 7) is 14.0. The molecule has 7 heteroatoms. The van der Waals surface area contributed by atoms with Gasteiger partial charge in [-0.2, -0.15) is 0 Å². The lowest BCUT2D eigenvalue weighted by molar-refractivity contribution is 0.0959. The van der Waals surface area contributed by atoms with E-state index in [-0.39, 0.29) is 5.91 Å². The van der Waals surface area contributed by atoms with Gasteiger partial charge in [0.1, 0.15) is 0 Å². The predicted octanol–water partition coefficient (Wildman–Crippen LogP) is 6.05. The molecule has 0 saturated carbocycles. The SMILES string of the molecule is CCOc1cccc2cc(C(=O)N(CCN(CC)CC)c3nc4c(C)cc(C)cc4s3)oc12. The highest BCUT2D eigenvalue weighted by atomic mass is 32.1. The van der Waals surface area contributed by atoms with Gasteiger partial charge >= 0.3 is 0 Å². The maximum absolute atomic E-state index is 13.7. The Bertz CT molecular complexity index is 1270. The second-order valence-corrected chi connectivity index (χ2v) is 9.14. The highest BCUT2D eigenvalue weighted by molar-refractivity contribution is 7.22. The van der Waals surface area contributed by atoms with E-state index in [1.54, 1.807) is 22.3 Å². The van der Waals surface area contributed by atoms with Crippen LogP contribution in [0.1, 0.15) is 42.5 Å². The third kappa shape index (κ3) is 4.75. The zero-order chi connectivity index (χ0) is 23.5. The molecule has 0 aliphatic rings. The number of hydrogen-bond acceptors (Lipinski definition) is 6. The number of carbonyl (C=O) groups is 1. The monoisotopic (exact) mass is 465 g/mol. The molecule has 2 aromatic carbocycles. The van der Waals surface area contributed by atoms with Crippen molar-refractivity contribution in [2.75, 3.05) is 37.7 Å². The quantitative estimate of drug-likeness (QED) is 0.301. The second-order valence-electron chi connectivity index (χ2n) is 8.13. The van der Waals surface area contributed by atoms with Crippen LogP contribution in [0, 0.1) is 13.8 Å². The molecular formula is C26H31N3O3S. The summed E-state index contributed by atoms with van der Waals surface area (Å²) in [6.07, 6.45) is 0. The molecule has 6 nitrogen and oxygen atoms in total. The van der Waals surface area contributed by atoms with Crippen LogP contribution in [0.15, 0.2) is 40.8 Å². The van der Waals surface area contributed by atoms with Crippen molar-refractivity contribution in [1.29, 1.82) is 0 Å². The number of hydrogen-bond donors (Lipinski definition) is 0. The number of ether oxygens (including phenoxy) is 1. The average molecular weight is 466 g/mol. The van der Waals surface area contributed by atoms with Gasteiger partial charge in [-0.15, -0.1) is 0 Å². The van der Waals surface area contributed by atoms with Gasteiger partial charge in [-0.25, -0.2) is 4.98 Å². The molecule has 4 rings (SSSR count). The molecule has 4 aromatic rings. The van der Waals surface area contributed by atoms with Crippen molar-refractivity contribution >= 4 is 43.6 Å². The van der Waals surface area contributed by atoms with E-state index in [4.69, 9.17) is 14.1 Å². The van der Waals surface area contributed by atoms with E-state index in [9.17, 15) is 4.79 Å². The van der Waals surface area contributed by atoms with Crippen LogP contribution in [0.2, 0.25) is 0 Å². The molecule has 0 N–H and O–H groups in total. The molecular weight excluding hydrogens is 434 g/mol. The molecule has 2 aromatic heterocycles. The largest absolute Gasteiger partial charge is 0.490 e. The Morgan fingerprint density at radius 1 is 1.09 bits per heavy atom. The fraction of sp³-hybridized carbons (Fsp3) is 0.385. The molecule has 0 aliphatic heterocycles. The van der Waals surface area contributed by atoms with E-state index in [2.05, 4.69) is 44.7 Å². The van der Waals surface area contributed by atoms with Crippen LogP contribution >= 0.6 is 11.3 Å². The lowest BCUT2D eigenvalue weighted by Crippen LogP contribution is -2.38. The van der Waals surface area contributed by atoms with Crippen molar-refractivity contribution in [3.63, 3.8) is 0 Å². The van der Waals surface area contributed by atoms with Crippen molar-refractivity contribution < 1.29 is 13.9 Å². The van der Waals surface area contributed by atoms with Crippen LogP contribution in [0.4, 0.5) is 5.13 Å². The number of benzene rings is 2. The Kier molecular flexibility index (Phi) is 7.00. The van der Waals surface area contributed by atoms with Gasteiger partial charge in [-0.1, -0.05) is 43.4 Å². The Morgan fingerprint density at radius 2 is 1.88 bits per heavy atom. The number of para-hydroxylation sites is 1. The summed E-state index contributed by atoms with van der Waals surface area (Å²) >= 11 is 1.55. The van der Waals surface area contributed by atoms with Gasteiger partial charge in [0.05, 0.1) is 16.8 Å². The molecule has 174 valence electrons. The maximum Gasteiger partial charge on any atom is 0.295 e. The minimum Gasteiger partial charge on any atom is -0.490 e. The first kappa shape index (κ1) is 23.3. The van der Waals surface area contributed by atoms with Gasteiger partial charge in [-0.05, 0) is 63.2 Å². The minimum atomic E-state index is -0.186. The van der Waals surface area contributed by atoms with Gasteiger partial charge in [0.25, 0.3) is 5.91 Å². The summed E-state index contributed by atoms with van der Waals surface area (Å²) < 4.78 is 12.8. The zero-order valence-electron chi connectivity index (χ0n) is 20.0. The molecule has 0 radical (unpaired) electrons. The van der Waals surface area contributed by atoms with Crippen molar-refractivity contribution in [2.45, 2.75) is 34.6 Å². The van der Waals surface area contributed by atoms with Crippen molar-refractivity contribution in [3.8, 4) is 5.75 Å². The van der Waals surface area contributed by atoms with E-state index in [0.717, 1.165) is 40.8 Å². The number of furan rings is 1. The van der Waals surface area contributed by atoms with Crippen LogP contribution < -0.4 is 9.64 Å². The van der Waals surface area contributed by atoms with Gasteiger partial charge < -0.3 is 14.1 Å². The lowest BCUT2D eigenvalue weighted by atomic mass is 10.1. The number of amides is 1. The summed E-state index contributed by atoms with van der Waals surface area (Å²) in [5.74, 6) is 0.757. The number of rotatable bonds is 9. The number of anilines is 1. The zero-order valence-corrected chi connectivity index (χ0v) is 20.8. The first-order valence-corrected chi connectivity index (χ1v) is 12.3. The molecule has 0 spiro atoms. The third-order valence-electron chi connectivity index (χ3n) is 5.85. The number of fused-ring (bicyclic) bond motifs is 2. The third-order valence-corrected chi connectivity index (χ3v) is 6.87. The van der Waals surface area contributed by atoms with E-state index < -0.39 is 0 Å². The number of nitrogens with zero attached hydrogens (tertiary/aromatic N) is 3. The first-order valence-electron chi connectivity index (χ1n) is 11.5. The fourth-order valence-corrected chi connectivity index (χ4v) is 5.25. The fourth-order valence-electron chi connectivity index (χ4n) is 4.08. The first-order chi connectivity index (χ1) is 15.9. The number of thiazole rings is 1. The van der Waals surface area contributed by atoms with E-state index >= 15 is 0 Å². The lowest BCUT2D eigenvalue weighted by Gasteiger charge is -2.24. The van der Waals surface area contributed by atoms with E-state index in [1.807, 2.05) is 25.1 Å². The highest BCUT2D eigenvalue weighted by Crippen LogP contribution is 2.34. The summed E-state index contributed by atoms with van der Waals surface area (Å²) in [7, 11) is 0. The molecule has 2 heterocycles. The van der Waals surface area contributed by atoms with Gasteiger partial charge in [0, 0.05) is 18.5 Å². The van der Waals surface area contributed by atoms with E-state index in [1.165, 1.54) is 5.56 Å². The molecule has 0 bridgehead atoms. The topological polar surface area (TPSA) is 58.8 Å². The normalized spacial score (nSPS) is 11.6. The standard InChI is InChI=1S/C26H31N3O3S/c1-6-28(7-2)12-13-29(26-27-23-18(5)14-17(4)15-22(23)33-26)25(30)21-16-19-10-9-11-20(31-8-3)24(19)32-21/h9-11,14-16H,6-8,12-13H2,1-5H3. The molecule has 1 amide bonds. The Morgan fingerprint density at radius 3 is 2.61 bits per heavy atom. The summed E-state index contributed by atoms with van der Waals surface area (Å²) in [5.41, 5.74) is 3.86. The Hall–Kier alpha value is -2.90. The van der Waals surface area contributed by atoms with Gasteiger partial charge in [0.15, 0.2) is 22.2 Å². The van der Waals surface area contributed by atoms with Gasteiger partial charge in [0.2, 0.25) is 0 Å². The van der Waals surface area contributed by atoms with Crippen molar-refractivity contribution in [3.05, 3.63) is 53.3 Å². The van der Waals surface area contributed by atoms with Crippen molar-refractivity contribution in [2.24, 2.45) is 0 Å². The predicted molar refractivity (Wildman–Crippen MR) is 136 cm³/mol. The number of aromatic nitrogens is 1. The summed E-state index contributed by atoms with van der Waals surface area (Å²) in [5, 5.41) is 1.55. The van der Waals surface area contributed by atoms with Crippen LogP contribution in [-0.4, -0.2) is 48.6 Å². The van der Waals surface area contributed by atoms with Crippen LogP contribution in [0.3, 0.4) is 0 Å². The Balaban J connectivity index is 1.74. The van der Waals surface area contributed by atoms with Crippen LogP contribution in [-0.2, 0) is 0 Å². The minimum absolute atomic E-state index is 0.186. The molecule has 0 unspecified atom stereocenters. The maximum atomic E-state index is 13.7. The molecule has 33 heavy (non-hydrogen) atoms. The molecule has 0 fully saturated rings. The molecule has 0 saturated heterocycles. The average Bonchev–Trinajstić information content (AvgIpc) is 3.42. The molecule has 0 atom stereocenters.